The van der Waals surface area contributed by atoms with Crippen molar-refractivity contribution in [2.45, 2.75) is 6.42 Å². The molecule has 0 atom stereocenters. The zero-order valence-corrected chi connectivity index (χ0v) is 12.4. The van der Waals surface area contributed by atoms with Crippen LogP contribution in [0.5, 0.6) is 0 Å². The number of nitrogens with zero attached hydrogens (tertiary/aromatic N) is 2. The molecule has 0 fully saturated rings. The van der Waals surface area contributed by atoms with Gasteiger partial charge < -0.3 is 4.98 Å². The normalized spacial score (nSPS) is 11.0. The lowest BCUT2D eigenvalue weighted by atomic mass is 10.1. The first-order valence-electron chi connectivity index (χ1n) is 7.49. The Morgan fingerprint density at radius 2 is 1.91 bits per heavy atom. The summed E-state index contributed by atoms with van der Waals surface area (Å²) in [6.45, 7) is 0. The monoisotopic (exact) mass is 301 g/mol. The smallest absolute Gasteiger partial charge is 0.168 e. The maximum Gasteiger partial charge on any atom is 0.168 e. The zero-order chi connectivity index (χ0) is 15.6. The van der Waals surface area contributed by atoms with Gasteiger partial charge in [-0.2, -0.15) is 0 Å². The molecule has 0 unspecified atom stereocenters. The third-order valence-corrected chi connectivity index (χ3v) is 3.91. The van der Waals surface area contributed by atoms with Crippen molar-refractivity contribution in [3.63, 3.8) is 0 Å². The number of aromatic nitrogens is 3. The first-order chi connectivity index (χ1) is 11.3. The van der Waals surface area contributed by atoms with Gasteiger partial charge in [0, 0.05) is 24.4 Å². The van der Waals surface area contributed by atoms with Gasteiger partial charge in [0.25, 0.3) is 0 Å². The van der Waals surface area contributed by atoms with E-state index >= 15 is 0 Å². The fraction of sp³-hybridized carbons (Fsp3) is 0.0526. The van der Waals surface area contributed by atoms with E-state index in [2.05, 4.69) is 9.97 Å². The third kappa shape index (κ3) is 2.55. The Balaban J connectivity index is 1.63. The summed E-state index contributed by atoms with van der Waals surface area (Å²) >= 11 is 0. The van der Waals surface area contributed by atoms with E-state index in [9.17, 15) is 4.79 Å². The number of rotatable bonds is 4. The van der Waals surface area contributed by atoms with Crippen LogP contribution >= 0.6 is 0 Å². The third-order valence-electron chi connectivity index (χ3n) is 3.91. The van der Waals surface area contributed by atoms with Gasteiger partial charge in [0.15, 0.2) is 5.78 Å². The molecule has 0 saturated carbocycles. The van der Waals surface area contributed by atoms with Crippen LogP contribution in [-0.2, 0) is 6.42 Å². The number of carbonyl (C=O) groups is 1. The zero-order valence-electron chi connectivity index (χ0n) is 12.4. The van der Waals surface area contributed by atoms with Gasteiger partial charge in [-0.3, -0.25) is 9.20 Å². The molecule has 0 aliphatic rings. The number of H-pyrrole nitrogens is 1. The number of fused-ring (bicyclic) bond motifs is 1. The van der Waals surface area contributed by atoms with Crippen LogP contribution in [0.4, 0.5) is 0 Å². The van der Waals surface area contributed by atoms with Crippen LogP contribution in [0.15, 0.2) is 73.2 Å². The highest BCUT2D eigenvalue weighted by molar-refractivity contribution is 5.98. The second-order valence-electron chi connectivity index (χ2n) is 5.46. The number of nitrogens with one attached hydrogen (secondary N) is 1. The second-order valence-corrected chi connectivity index (χ2v) is 5.46. The Morgan fingerprint density at radius 1 is 1.09 bits per heavy atom. The molecule has 0 aliphatic carbocycles. The molecule has 4 aromatic rings. The van der Waals surface area contributed by atoms with E-state index in [0.717, 1.165) is 22.6 Å². The Labute approximate surface area is 133 Å². The van der Waals surface area contributed by atoms with Crippen LogP contribution < -0.4 is 0 Å². The molecular weight excluding hydrogens is 286 g/mol. The number of hydrogen-bond acceptors (Lipinski definition) is 2. The van der Waals surface area contributed by atoms with Crippen LogP contribution in [-0.4, -0.2) is 20.2 Å². The molecule has 0 aliphatic heterocycles. The van der Waals surface area contributed by atoms with E-state index in [1.54, 1.807) is 6.20 Å². The molecule has 0 bridgehead atoms. The number of hydrogen-bond donors (Lipinski definition) is 1. The van der Waals surface area contributed by atoms with E-state index in [4.69, 9.17) is 0 Å². The predicted octanol–water partition coefficient (Wildman–Crippen LogP) is 3.75. The molecule has 1 aromatic carbocycles. The van der Waals surface area contributed by atoms with E-state index < -0.39 is 0 Å². The summed E-state index contributed by atoms with van der Waals surface area (Å²) < 4.78 is 2.00. The van der Waals surface area contributed by atoms with E-state index in [-0.39, 0.29) is 5.78 Å². The van der Waals surface area contributed by atoms with Gasteiger partial charge >= 0.3 is 0 Å². The summed E-state index contributed by atoms with van der Waals surface area (Å²) in [5.74, 6) is 0.104. The van der Waals surface area contributed by atoms with E-state index in [1.165, 1.54) is 0 Å². The van der Waals surface area contributed by atoms with Gasteiger partial charge in [0.1, 0.15) is 5.65 Å². The molecule has 0 spiro atoms. The van der Waals surface area contributed by atoms with Crippen molar-refractivity contribution in [3.8, 4) is 11.4 Å². The summed E-state index contributed by atoms with van der Waals surface area (Å²) in [5, 5.41) is 0. The van der Waals surface area contributed by atoms with Gasteiger partial charge in [-0.05, 0) is 23.8 Å². The molecule has 4 nitrogen and oxygen atoms in total. The molecular formula is C19H15N3O. The Bertz CT molecular complexity index is 966. The number of carbonyl (C=O) groups excluding carboxylic acids is 1. The highest BCUT2D eigenvalue weighted by atomic mass is 16.1. The Hall–Kier alpha value is -3.14. The van der Waals surface area contributed by atoms with Gasteiger partial charge in [0.2, 0.25) is 0 Å². The summed E-state index contributed by atoms with van der Waals surface area (Å²) in [5.41, 5.74) is 4.43. The number of ketones is 1. The largest absolute Gasteiger partial charge is 0.359 e. The van der Waals surface area contributed by atoms with Gasteiger partial charge in [-0.1, -0.05) is 36.4 Å². The lowest BCUT2D eigenvalue weighted by molar-refractivity contribution is 0.0993. The molecule has 0 amide bonds. The summed E-state index contributed by atoms with van der Waals surface area (Å²) in [7, 11) is 0. The highest BCUT2D eigenvalue weighted by Gasteiger charge is 2.12. The van der Waals surface area contributed by atoms with Crippen molar-refractivity contribution in [3.05, 3.63) is 84.3 Å². The average molecular weight is 301 g/mol. The SMILES string of the molecule is O=C(Cc1ccccc1)c1c[nH]c(-c2cnc3ccccn23)c1. The maximum atomic E-state index is 12.4. The molecule has 3 aromatic heterocycles. The predicted molar refractivity (Wildman–Crippen MR) is 89.5 cm³/mol. The van der Waals surface area contributed by atoms with Crippen molar-refractivity contribution in [2.24, 2.45) is 0 Å². The van der Waals surface area contributed by atoms with Gasteiger partial charge in [-0.15, -0.1) is 0 Å². The number of Topliss-reactive ketones (excluding diaryl/α,β-unsaturated/α-hetero) is 1. The second kappa shape index (κ2) is 5.57. The minimum atomic E-state index is 0.104. The van der Waals surface area contributed by atoms with Crippen molar-refractivity contribution in [1.82, 2.24) is 14.4 Å². The fourth-order valence-electron chi connectivity index (χ4n) is 2.72. The number of aromatic amines is 1. The van der Waals surface area contributed by atoms with Gasteiger partial charge in [-0.25, -0.2) is 4.98 Å². The number of imidazole rings is 1. The molecule has 0 radical (unpaired) electrons. The number of benzene rings is 1. The Kier molecular flexibility index (Phi) is 3.27. The number of pyridine rings is 1. The summed E-state index contributed by atoms with van der Waals surface area (Å²) in [6.07, 6.45) is 5.95. The van der Waals surface area contributed by atoms with Crippen molar-refractivity contribution < 1.29 is 4.79 Å². The lowest BCUT2D eigenvalue weighted by Crippen LogP contribution is -2.01. The first kappa shape index (κ1) is 13.5. The summed E-state index contributed by atoms with van der Waals surface area (Å²) in [6, 6.07) is 17.5. The van der Waals surface area contributed by atoms with Crippen molar-refractivity contribution >= 4 is 11.4 Å². The van der Waals surface area contributed by atoms with E-state index in [1.807, 2.05) is 71.4 Å². The van der Waals surface area contributed by atoms with Gasteiger partial charge in [0.05, 0.1) is 17.6 Å². The molecule has 4 rings (SSSR count). The molecule has 23 heavy (non-hydrogen) atoms. The topological polar surface area (TPSA) is 50.2 Å². The maximum absolute atomic E-state index is 12.4. The van der Waals surface area contributed by atoms with Crippen LogP contribution in [0.1, 0.15) is 15.9 Å². The van der Waals surface area contributed by atoms with E-state index in [0.29, 0.717) is 12.0 Å². The van der Waals surface area contributed by atoms with Crippen LogP contribution in [0.3, 0.4) is 0 Å². The Morgan fingerprint density at radius 3 is 2.78 bits per heavy atom. The quantitative estimate of drug-likeness (QED) is 0.584. The van der Waals surface area contributed by atoms with Crippen molar-refractivity contribution in [2.75, 3.05) is 0 Å². The van der Waals surface area contributed by atoms with Crippen molar-refractivity contribution in [1.29, 1.82) is 0 Å². The lowest BCUT2D eigenvalue weighted by Gasteiger charge is -1.99. The average Bonchev–Trinajstić information content (AvgIpc) is 3.22. The minimum absolute atomic E-state index is 0.104. The fourth-order valence-corrected chi connectivity index (χ4v) is 2.72. The molecule has 0 saturated heterocycles. The highest BCUT2D eigenvalue weighted by Crippen LogP contribution is 2.21. The molecule has 1 N–H and O–H groups in total. The standard InChI is InChI=1S/C19H15N3O/c23-18(10-14-6-2-1-3-7-14)15-11-16(20-12-15)17-13-21-19-8-4-5-9-22(17)19/h1-9,11-13,20H,10H2. The van der Waals surface area contributed by atoms with Crippen LogP contribution in [0, 0.1) is 0 Å². The molecule has 4 heteroatoms. The van der Waals surface area contributed by atoms with Crippen LogP contribution in [0.25, 0.3) is 17.0 Å². The molecule has 112 valence electrons. The first-order valence-corrected chi connectivity index (χ1v) is 7.49. The minimum Gasteiger partial charge on any atom is -0.359 e. The van der Waals surface area contributed by atoms with Crippen LogP contribution in [0.2, 0.25) is 0 Å². The summed E-state index contributed by atoms with van der Waals surface area (Å²) in [4.78, 5) is 20.0. The molecule has 3 heterocycles.